The summed E-state index contributed by atoms with van der Waals surface area (Å²) < 4.78 is 1.77. The van der Waals surface area contributed by atoms with Crippen molar-refractivity contribution in [2.75, 3.05) is 5.73 Å². The zero-order chi connectivity index (χ0) is 15.1. The Labute approximate surface area is 131 Å². The predicted molar refractivity (Wildman–Crippen MR) is 88.7 cm³/mol. The molecule has 3 aromatic heterocycles. The predicted octanol–water partition coefficient (Wildman–Crippen LogP) is 3.41. The lowest BCUT2D eigenvalue weighted by Gasteiger charge is -2.04. The Balaban J connectivity index is 2.10. The fourth-order valence-corrected chi connectivity index (χ4v) is 3.38. The lowest BCUT2D eigenvalue weighted by Crippen LogP contribution is -1.98. The summed E-state index contributed by atoms with van der Waals surface area (Å²) in [5.74, 6) is 0.466. The number of aryl methyl sites for hydroxylation is 1. The Morgan fingerprint density at radius 2 is 2.00 bits per heavy atom. The highest BCUT2D eigenvalue weighted by Crippen LogP contribution is 2.39. The minimum atomic E-state index is 0.466. The third-order valence-corrected chi connectivity index (χ3v) is 4.51. The number of nitrogen functional groups attached to an aromatic ring is 1. The van der Waals surface area contributed by atoms with Crippen molar-refractivity contribution in [2.45, 2.75) is 6.92 Å². The lowest BCUT2D eigenvalue weighted by atomic mass is 10.0. The molecule has 0 spiro atoms. The van der Waals surface area contributed by atoms with Crippen LogP contribution in [0.2, 0.25) is 0 Å². The van der Waals surface area contributed by atoms with Gasteiger partial charge in [0.15, 0.2) is 5.82 Å². The number of rotatable bonds is 2. The van der Waals surface area contributed by atoms with E-state index in [-0.39, 0.29) is 0 Å². The van der Waals surface area contributed by atoms with Crippen molar-refractivity contribution >= 4 is 22.7 Å². The Kier molecular flexibility index (Phi) is 2.90. The van der Waals surface area contributed by atoms with E-state index in [0.717, 1.165) is 32.9 Å². The van der Waals surface area contributed by atoms with Crippen LogP contribution in [0, 0.1) is 6.92 Å². The molecule has 1 aromatic carbocycles. The first-order valence-electron chi connectivity index (χ1n) is 6.84. The average molecular weight is 307 g/mol. The Morgan fingerprint density at radius 1 is 1.18 bits per heavy atom. The summed E-state index contributed by atoms with van der Waals surface area (Å²) in [4.78, 5) is 8.74. The number of hydrogen-bond acceptors (Lipinski definition) is 5. The van der Waals surface area contributed by atoms with Gasteiger partial charge in [0.25, 0.3) is 0 Å². The number of nitrogens with two attached hydrogens (primary N) is 1. The minimum absolute atomic E-state index is 0.466. The standard InChI is InChI=1S/C16H13N5S/c1-10-8-22-16(20-10)12-7-21-14(15(17)18-9-19-21)13(12)11-5-3-2-4-6-11/h2-9H,1H3,(H2,17,18,19). The molecule has 0 saturated carbocycles. The van der Waals surface area contributed by atoms with Gasteiger partial charge in [0.2, 0.25) is 0 Å². The van der Waals surface area contributed by atoms with Crippen LogP contribution in [0.25, 0.3) is 27.2 Å². The quantitative estimate of drug-likeness (QED) is 0.616. The second-order valence-electron chi connectivity index (χ2n) is 5.02. The molecule has 0 bridgehead atoms. The van der Waals surface area contributed by atoms with Gasteiger partial charge in [0.05, 0.1) is 0 Å². The van der Waals surface area contributed by atoms with Gasteiger partial charge in [-0.3, -0.25) is 0 Å². The highest BCUT2D eigenvalue weighted by Gasteiger charge is 2.19. The van der Waals surface area contributed by atoms with Crippen LogP contribution in [-0.2, 0) is 0 Å². The van der Waals surface area contributed by atoms with Gasteiger partial charge in [-0.05, 0) is 12.5 Å². The van der Waals surface area contributed by atoms with E-state index in [1.165, 1.54) is 6.33 Å². The van der Waals surface area contributed by atoms with Crippen molar-refractivity contribution < 1.29 is 0 Å². The van der Waals surface area contributed by atoms with Crippen LogP contribution in [0.5, 0.6) is 0 Å². The van der Waals surface area contributed by atoms with E-state index in [1.54, 1.807) is 15.9 Å². The first kappa shape index (κ1) is 13.0. The van der Waals surface area contributed by atoms with E-state index in [9.17, 15) is 0 Å². The molecule has 2 N–H and O–H groups in total. The highest BCUT2D eigenvalue weighted by atomic mass is 32.1. The molecule has 4 rings (SSSR count). The maximum atomic E-state index is 6.10. The molecular formula is C16H13N5S. The van der Waals surface area contributed by atoms with Gasteiger partial charge in [-0.1, -0.05) is 30.3 Å². The monoisotopic (exact) mass is 307 g/mol. The second-order valence-corrected chi connectivity index (χ2v) is 5.87. The normalized spacial score (nSPS) is 11.1. The summed E-state index contributed by atoms with van der Waals surface area (Å²) in [6.45, 7) is 1.99. The molecule has 0 atom stereocenters. The molecule has 22 heavy (non-hydrogen) atoms. The van der Waals surface area contributed by atoms with Crippen LogP contribution in [0.15, 0.2) is 48.2 Å². The topological polar surface area (TPSA) is 69.1 Å². The van der Waals surface area contributed by atoms with Crippen LogP contribution in [0.4, 0.5) is 5.82 Å². The van der Waals surface area contributed by atoms with Crippen LogP contribution in [-0.4, -0.2) is 19.6 Å². The molecule has 3 heterocycles. The molecular weight excluding hydrogens is 294 g/mol. The highest BCUT2D eigenvalue weighted by molar-refractivity contribution is 7.13. The van der Waals surface area contributed by atoms with E-state index in [1.807, 2.05) is 36.7 Å². The summed E-state index contributed by atoms with van der Waals surface area (Å²) in [5, 5.41) is 7.29. The van der Waals surface area contributed by atoms with Gasteiger partial charge >= 0.3 is 0 Å². The summed E-state index contributed by atoms with van der Waals surface area (Å²) in [7, 11) is 0. The SMILES string of the molecule is Cc1csc(-c2cn3ncnc(N)c3c2-c2ccccc2)n1. The van der Waals surface area contributed by atoms with Gasteiger partial charge in [0.1, 0.15) is 16.9 Å². The summed E-state index contributed by atoms with van der Waals surface area (Å²) in [6, 6.07) is 10.1. The number of aromatic nitrogens is 4. The molecule has 0 aliphatic rings. The number of benzene rings is 1. The van der Waals surface area contributed by atoms with E-state index in [4.69, 9.17) is 5.73 Å². The Hall–Kier alpha value is -2.73. The van der Waals surface area contributed by atoms with Gasteiger partial charge in [-0.15, -0.1) is 11.3 Å². The smallest absolute Gasteiger partial charge is 0.151 e. The van der Waals surface area contributed by atoms with Crippen LogP contribution >= 0.6 is 11.3 Å². The third kappa shape index (κ3) is 1.96. The minimum Gasteiger partial charge on any atom is -0.382 e. The molecule has 0 unspecified atom stereocenters. The molecule has 6 heteroatoms. The molecule has 0 aliphatic carbocycles. The fraction of sp³-hybridized carbons (Fsp3) is 0.0625. The molecule has 0 amide bonds. The molecule has 0 fully saturated rings. The van der Waals surface area contributed by atoms with Crippen molar-refractivity contribution in [3.8, 4) is 21.7 Å². The van der Waals surface area contributed by atoms with Crippen molar-refractivity contribution in [2.24, 2.45) is 0 Å². The van der Waals surface area contributed by atoms with Crippen LogP contribution < -0.4 is 5.73 Å². The first-order valence-corrected chi connectivity index (χ1v) is 7.72. The summed E-state index contributed by atoms with van der Waals surface area (Å²) in [6.07, 6.45) is 3.43. The number of anilines is 1. The molecule has 108 valence electrons. The molecule has 0 radical (unpaired) electrons. The van der Waals surface area contributed by atoms with E-state index >= 15 is 0 Å². The van der Waals surface area contributed by atoms with Crippen LogP contribution in [0.3, 0.4) is 0 Å². The molecule has 0 saturated heterocycles. The maximum Gasteiger partial charge on any atom is 0.151 e. The Morgan fingerprint density at radius 3 is 2.73 bits per heavy atom. The zero-order valence-corrected chi connectivity index (χ0v) is 12.7. The van der Waals surface area contributed by atoms with Crippen LogP contribution in [0.1, 0.15) is 5.69 Å². The summed E-state index contributed by atoms with van der Waals surface area (Å²) >= 11 is 1.62. The fourth-order valence-electron chi connectivity index (χ4n) is 2.57. The lowest BCUT2D eigenvalue weighted by molar-refractivity contribution is 0.908. The summed E-state index contributed by atoms with van der Waals surface area (Å²) in [5.41, 5.74) is 11.0. The average Bonchev–Trinajstić information content (AvgIpc) is 3.12. The van der Waals surface area contributed by atoms with Gasteiger partial charge in [-0.25, -0.2) is 14.5 Å². The van der Waals surface area contributed by atoms with E-state index < -0.39 is 0 Å². The van der Waals surface area contributed by atoms with E-state index in [0.29, 0.717) is 5.82 Å². The number of thiazole rings is 1. The van der Waals surface area contributed by atoms with Gasteiger partial charge in [-0.2, -0.15) is 5.10 Å². The van der Waals surface area contributed by atoms with Crippen molar-refractivity contribution in [1.82, 2.24) is 19.6 Å². The number of hydrogen-bond donors (Lipinski definition) is 1. The second kappa shape index (κ2) is 4.92. The Bertz CT molecular complexity index is 955. The number of fused-ring (bicyclic) bond motifs is 1. The zero-order valence-electron chi connectivity index (χ0n) is 11.9. The van der Waals surface area contributed by atoms with Gasteiger partial charge in [0, 0.05) is 28.4 Å². The van der Waals surface area contributed by atoms with Gasteiger partial charge < -0.3 is 5.73 Å². The van der Waals surface area contributed by atoms with Crippen molar-refractivity contribution in [3.63, 3.8) is 0 Å². The molecule has 5 nitrogen and oxygen atoms in total. The largest absolute Gasteiger partial charge is 0.382 e. The number of nitrogens with zero attached hydrogens (tertiary/aromatic N) is 4. The first-order chi connectivity index (χ1) is 10.7. The third-order valence-electron chi connectivity index (χ3n) is 3.51. The van der Waals surface area contributed by atoms with E-state index in [2.05, 4.69) is 27.2 Å². The molecule has 0 aliphatic heterocycles. The van der Waals surface area contributed by atoms with Crippen molar-refractivity contribution in [1.29, 1.82) is 0 Å². The maximum absolute atomic E-state index is 6.10. The van der Waals surface area contributed by atoms with Crippen molar-refractivity contribution in [3.05, 3.63) is 53.9 Å². The molecule has 4 aromatic rings.